The first-order chi connectivity index (χ1) is 13.5. The SMILES string of the molecule is Cc1cnc2c(ccc3c2nc(CCc2cc4c(C)ncc(C)n4n2)n3C)c1. The third-order valence-electron chi connectivity index (χ3n) is 5.45. The Bertz CT molecular complexity index is 1320. The van der Waals surface area contributed by atoms with Gasteiger partial charge in [0, 0.05) is 31.2 Å². The predicted octanol–water partition coefficient (Wildman–Crippen LogP) is 3.87. The number of benzene rings is 1. The molecule has 0 aliphatic carbocycles. The van der Waals surface area contributed by atoms with Crippen LogP contribution in [0.5, 0.6) is 0 Å². The highest BCUT2D eigenvalue weighted by Gasteiger charge is 2.13. The molecule has 28 heavy (non-hydrogen) atoms. The Labute approximate surface area is 162 Å². The average molecular weight is 370 g/mol. The fraction of sp³-hybridized carbons (Fsp3) is 0.273. The fourth-order valence-electron chi connectivity index (χ4n) is 3.86. The lowest BCUT2D eigenvalue weighted by Gasteiger charge is -2.02. The molecule has 4 heterocycles. The third-order valence-corrected chi connectivity index (χ3v) is 5.45. The summed E-state index contributed by atoms with van der Waals surface area (Å²) < 4.78 is 4.15. The van der Waals surface area contributed by atoms with Gasteiger partial charge in [-0.25, -0.2) is 9.50 Å². The fourth-order valence-corrected chi connectivity index (χ4v) is 3.86. The zero-order valence-corrected chi connectivity index (χ0v) is 16.6. The van der Waals surface area contributed by atoms with Crippen molar-refractivity contribution < 1.29 is 0 Å². The molecule has 0 saturated heterocycles. The number of hydrogen-bond donors (Lipinski definition) is 0. The summed E-state index contributed by atoms with van der Waals surface area (Å²) in [6, 6.07) is 8.56. The molecule has 0 saturated carbocycles. The molecule has 4 aromatic heterocycles. The van der Waals surface area contributed by atoms with Crippen LogP contribution < -0.4 is 0 Å². The van der Waals surface area contributed by atoms with Gasteiger partial charge in [0.05, 0.1) is 33.6 Å². The first-order valence-electron chi connectivity index (χ1n) is 9.53. The summed E-state index contributed by atoms with van der Waals surface area (Å²) in [6.45, 7) is 6.11. The summed E-state index contributed by atoms with van der Waals surface area (Å²) in [7, 11) is 2.08. The van der Waals surface area contributed by atoms with Gasteiger partial charge < -0.3 is 4.57 Å². The maximum Gasteiger partial charge on any atom is 0.115 e. The standard InChI is InChI=1S/C22H22N6/c1-13-9-16-5-7-18-22(21(16)24-11-13)25-20(27(18)4)8-6-17-10-19-15(3)23-12-14(2)28(19)26-17/h5,7,9-12H,6,8H2,1-4H3. The second kappa shape index (κ2) is 6.12. The first kappa shape index (κ1) is 16.9. The molecule has 0 aliphatic rings. The Morgan fingerprint density at radius 2 is 1.75 bits per heavy atom. The first-order valence-corrected chi connectivity index (χ1v) is 9.53. The van der Waals surface area contributed by atoms with Crippen molar-refractivity contribution in [3.63, 3.8) is 0 Å². The molecule has 0 spiro atoms. The Balaban J connectivity index is 1.52. The Morgan fingerprint density at radius 1 is 0.893 bits per heavy atom. The minimum atomic E-state index is 0.827. The van der Waals surface area contributed by atoms with Gasteiger partial charge in [-0.3, -0.25) is 9.97 Å². The summed E-state index contributed by atoms with van der Waals surface area (Å²) in [5, 5.41) is 5.89. The molecular weight excluding hydrogens is 348 g/mol. The molecule has 6 heteroatoms. The second-order valence-corrected chi connectivity index (χ2v) is 7.52. The van der Waals surface area contributed by atoms with E-state index >= 15 is 0 Å². The largest absolute Gasteiger partial charge is 0.331 e. The lowest BCUT2D eigenvalue weighted by atomic mass is 10.1. The van der Waals surface area contributed by atoms with Crippen LogP contribution >= 0.6 is 0 Å². The van der Waals surface area contributed by atoms with Crippen molar-refractivity contribution in [2.75, 3.05) is 0 Å². The lowest BCUT2D eigenvalue weighted by Crippen LogP contribution is -2.01. The zero-order valence-electron chi connectivity index (χ0n) is 16.6. The molecule has 0 amide bonds. The lowest BCUT2D eigenvalue weighted by molar-refractivity contribution is 0.761. The predicted molar refractivity (Wildman–Crippen MR) is 111 cm³/mol. The van der Waals surface area contributed by atoms with Gasteiger partial charge in [-0.05, 0) is 51.0 Å². The molecule has 140 valence electrons. The smallest absolute Gasteiger partial charge is 0.115 e. The van der Waals surface area contributed by atoms with Crippen molar-refractivity contribution in [2.24, 2.45) is 7.05 Å². The van der Waals surface area contributed by atoms with Crippen LogP contribution in [0, 0.1) is 20.8 Å². The number of nitrogens with zero attached hydrogens (tertiary/aromatic N) is 6. The van der Waals surface area contributed by atoms with Crippen LogP contribution in [0.1, 0.15) is 28.5 Å². The van der Waals surface area contributed by atoms with Crippen molar-refractivity contribution in [3.05, 3.63) is 65.1 Å². The number of aryl methyl sites for hydroxylation is 6. The number of rotatable bonds is 3. The zero-order chi connectivity index (χ0) is 19.4. The minimum absolute atomic E-state index is 0.827. The normalized spacial score (nSPS) is 11.9. The number of aromatic nitrogens is 6. The second-order valence-electron chi connectivity index (χ2n) is 7.52. The summed E-state index contributed by atoms with van der Waals surface area (Å²) in [5.41, 5.74) is 8.40. The Hall–Kier alpha value is -3.28. The monoisotopic (exact) mass is 370 g/mol. The van der Waals surface area contributed by atoms with Crippen LogP contribution in [0.2, 0.25) is 0 Å². The van der Waals surface area contributed by atoms with Gasteiger partial charge in [0.25, 0.3) is 0 Å². The van der Waals surface area contributed by atoms with Gasteiger partial charge >= 0.3 is 0 Å². The van der Waals surface area contributed by atoms with Gasteiger partial charge in [0.1, 0.15) is 11.3 Å². The molecule has 5 aromatic rings. The summed E-state index contributed by atoms with van der Waals surface area (Å²) in [5.74, 6) is 1.05. The van der Waals surface area contributed by atoms with E-state index < -0.39 is 0 Å². The van der Waals surface area contributed by atoms with Crippen molar-refractivity contribution >= 4 is 27.5 Å². The third kappa shape index (κ3) is 2.56. The van der Waals surface area contributed by atoms with E-state index in [0.717, 1.165) is 68.8 Å². The van der Waals surface area contributed by atoms with E-state index in [1.165, 1.54) is 0 Å². The van der Waals surface area contributed by atoms with E-state index in [2.05, 4.69) is 52.8 Å². The van der Waals surface area contributed by atoms with Gasteiger partial charge in [-0.1, -0.05) is 6.07 Å². The quantitative estimate of drug-likeness (QED) is 0.484. The Kier molecular flexibility index (Phi) is 3.69. The van der Waals surface area contributed by atoms with Crippen LogP contribution in [0.3, 0.4) is 0 Å². The van der Waals surface area contributed by atoms with Crippen LogP contribution in [0.4, 0.5) is 0 Å². The molecule has 0 aliphatic heterocycles. The highest BCUT2D eigenvalue weighted by molar-refractivity contribution is 6.01. The topological polar surface area (TPSA) is 60.9 Å². The maximum atomic E-state index is 4.93. The highest BCUT2D eigenvalue weighted by atomic mass is 15.2. The molecule has 0 unspecified atom stereocenters. The van der Waals surface area contributed by atoms with Gasteiger partial charge in [0.15, 0.2) is 0 Å². The highest BCUT2D eigenvalue weighted by Crippen LogP contribution is 2.25. The molecular formula is C22H22N6. The van der Waals surface area contributed by atoms with E-state index in [1.807, 2.05) is 30.8 Å². The number of hydrogen-bond acceptors (Lipinski definition) is 4. The summed E-state index contributed by atoms with van der Waals surface area (Å²) in [4.78, 5) is 14.0. The molecule has 0 fully saturated rings. The van der Waals surface area contributed by atoms with Crippen LogP contribution in [0.15, 0.2) is 36.7 Å². The number of imidazole rings is 1. The van der Waals surface area contributed by atoms with Crippen LogP contribution in [-0.2, 0) is 19.9 Å². The molecule has 0 N–H and O–H groups in total. The van der Waals surface area contributed by atoms with E-state index in [9.17, 15) is 0 Å². The minimum Gasteiger partial charge on any atom is -0.331 e. The van der Waals surface area contributed by atoms with Crippen LogP contribution in [-0.4, -0.2) is 29.1 Å². The van der Waals surface area contributed by atoms with E-state index in [0.29, 0.717) is 0 Å². The van der Waals surface area contributed by atoms with E-state index in [-0.39, 0.29) is 0 Å². The van der Waals surface area contributed by atoms with Crippen molar-refractivity contribution in [3.8, 4) is 0 Å². The van der Waals surface area contributed by atoms with Crippen molar-refractivity contribution in [1.82, 2.24) is 29.1 Å². The van der Waals surface area contributed by atoms with E-state index in [1.54, 1.807) is 0 Å². The molecule has 0 radical (unpaired) electrons. The average Bonchev–Trinajstić information content (AvgIpc) is 3.25. The summed E-state index contributed by atoms with van der Waals surface area (Å²) >= 11 is 0. The number of pyridine rings is 1. The van der Waals surface area contributed by atoms with Gasteiger partial charge in [-0.15, -0.1) is 0 Å². The number of fused-ring (bicyclic) bond motifs is 4. The molecule has 0 atom stereocenters. The van der Waals surface area contributed by atoms with Gasteiger partial charge in [0.2, 0.25) is 0 Å². The Morgan fingerprint density at radius 3 is 2.57 bits per heavy atom. The molecule has 1 aromatic carbocycles. The van der Waals surface area contributed by atoms with Gasteiger partial charge in [-0.2, -0.15) is 5.10 Å². The summed E-state index contributed by atoms with van der Waals surface area (Å²) in [6.07, 6.45) is 5.44. The maximum absolute atomic E-state index is 4.93. The van der Waals surface area contributed by atoms with E-state index in [4.69, 9.17) is 10.1 Å². The van der Waals surface area contributed by atoms with Crippen LogP contribution in [0.25, 0.3) is 27.5 Å². The molecule has 0 bridgehead atoms. The molecule has 5 rings (SSSR count). The van der Waals surface area contributed by atoms with Crippen molar-refractivity contribution in [2.45, 2.75) is 33.6 Å². The van der Waals surface area contributed by atoms with Crippen molar-refractivity contribution in [1.29, 1.82) is 0 Å². The molecule has 6 nitrogen and oxygen atoms in total.